The van der Waals surface area contributed by atoms with E-state index in [1.807, 2.05) is 19.1 Å². The molecule has 0 aliphatic rings. The van der Waals surface area contributed by atoms with Gasteiger partial charge in [-0.1, -0.05) is 29.8 Å². The van der Waals surface area contributed by atoms with Gasteiger partial charge in [-0.15, -0.1) is 0 Å². The molecule has 0 aliphatic carbocycles. The van der Waals surface area contributed by atoms with Crippen LogP contribution < -0.4 is 11.5 Å². The van der Waals surface area contributed by atoms with Crippen molar-refractivity contribution in [2.75, 3.05) is 0 Å². The highest BCUT2D eigenvalue weighted by atomic mass is 31.2. The molecule has 0 unspecified atom stereocenters. The summed E-state index contributed by atoms with van der Waals surface area (Å²) in [7, 11) is -4.34. The minimum Gasteiger partial charge on any atom is -0.323 e. The maximum Gasteiger partial charge on any atom is 0.344 e. The zero-order valence-corrected chi connectivity index (χ0v) is 9.26. The lowest BCUT2D eigenvalue weighted by Crippen LogP contribution is -2.33. The van der Waals surface area contributed by atoms with Gasteiger partial charge >= 0.3 is 7.60 Å². The molecular formula is C9H15N2O3P. The summed E-state index contributed by atoms with van der Waals surface area (Å²) >= 11 is 0. The Hall–Kier alpha value is -0.710. The van der Waals surface area contributed by atoms with Gasteiger partial charge in [0.15, 0.2) is 0 Å². The highest BCUT2D eigenvalue weighted by Crippen LogP contribution is 2.43. The number of nitrogens with two attached hydrogens (primary N) is 2. The zero-order valence-electron chi connectivity index (χ0n) is 8.37. The zero-order chi connectivity index (χ0) is 11.6. The van der Waals surface area contributed by atoms with Gasteiger partial charge in [-0.3, -0.25) is 4.57 Å². The van der Waals surface area contributed by atoms with Crippen molar-refractivity contribution >= 4 is 7.60 Å². The fraction of sp³-hybridized carbons (Fsp3) is 0.333. The second-order valence-corrected chi connectivity index (χ2v) is 5.29. The molecule has 5 nitrogen and oxygen atoms in total. The first kappa shape index (κ1) is 12.4. The van der Waals surface area contributed by atoms with E-state index in [9.17, 15) is 4.57 Å². The summed E-state index contributed by atoms with van der Waals surface area (Å²) in [5.41, 5.74) is 12.7. The third-order valence-electron chi connectivity index (χ3n) is 2.22. The van der Waals surface area contributed by atoms with Crippen LogP contribution in [0.25, 0.3) is 0 Å². The van der Waals surface area contributed by atoms with Crippen LogP contribution in [0.3, 0.4) is 0 Å². The van der Waals surface area contributed by atoms with Gasteiger partial charge in [-0.05, 0) is 12.5 Å². The summed E-state index contributed by atoms with van der Waals surface area (Å²) in [5.74, 6) is -1.36. The van der Waals surface area contributed by atoms with Crippen molar-refractivity contribution in [2.45, 2.75) is 18.7 Å². The maximum atomic E-state index is 10.9. The van der Waals surface area contributed by atoms with Gasteiger partial charge < -0.3 is 21.3 Å². The molecule has 0 bridgehead atoms. The quantitative estimate of drug-likeness (QED) is 0.564. The molecule has 1 rings (SSSR count). The first-order chi connectivity index (χ1) is 6.82. The first-order valence-corrected chi connectivity index (χ1v) is 6.13. The topological polar surface area (TPSA) is 110 Å². The van der Waals surface area contributed by atoms with E-state index in [2.05, 4.69) is 0 Å². The Morgan fingerprint density at radius 1 is 1.20 bits per heavy atom. The Balaban J connectivity index is 2.90. The van der Waals surface area contributed by atoms with Crippen molar-refractivity contribution in [3.63, 3.8) is 0 Å². The monoisotopic (exact) mass is 230 g/mol. The van der Waals surface area contributed by atoms with Crippen LogP contribution in [0.15, 0.2) is 24.3 Å². The Kier molecular flexibility index (Phi) is 3.65. The average molecular weight is 230 g/mol. The molecule has 2 atom stereocenters. The summed E-state index contributed by atoms with van der Waals surface area (Å²) in [4.78, 5) is 17.8. The standard InChI is InChI=1S/C9H15N2O3P/c1-6-2-4-7(5-3-6)8(10)9(11)15(12,13)14/h2-5,8-9H,10-11H2,1H3,(H2,12,13,14)/t8-,9+/m1/s1. The van der Waals surface area contributed by atoms with Crippen molar-refractivity contribution in [2.24, 2.45) is 11.5 Å². The molecule has 0 amide bonds. The van der Waals surface area contributed by atoms with Crippen molar-refractivity contribution in [3.8, 4) is 0 Å². The second kappa shape index (κ2) is 4.43. The van der Waals surface area contributed by atoms with Crippen molar-refractivity contribution < 1.29 is 14.4 Å². The molecule has 84 valence electrons. The maximum absolute atomic E-state index is 10.9. The van der Waals surface area contributed by atoms with E-state index in [0.717, 1.165) is 5.56 Å². The minimum absolute atomic E-state index is 0.622. The fourth-order valence-electron chi connectivity index (χ4n) is 1.20. The molecule has 6 heteroatoms. The molecule has 1 aromatic rings. The van der Waals surface area contributed by atoms with Gasteiger partial charge in [-0.25, -0.2) is 0 Å². The van der Waals surface area contributed by atoms with Crippen molar-refractivity contribution in [1.82, 2.24) is 0 Å². The average Bonchev–Trinajstić information content (AvgIpc) is 2.15. The van der Waals surface area contributed by atoms with E-state index in [1.165, 1.54) is 0 Å². The summed E-state index contributed by atoms with van der Waals surface area (Å²) in [6.07, 6.45) is 0. The van der Waals surface area contributed by atoms with E-state index in [-0.39, 0.29) is 0 Å². The summed E-state index contributed by atoms with van der Waals surface area (Å²) in [5, 5.41) is 0. The molecule has 6 N–H and O–H groups in total. The SMILES string of the molecule is Cc1ccc([C@@H](N)[C@@H](N)P(=O)(O)O)cc1. The normalized spacial score (nSPS) is 16.1. The molecule has 0 radical (unpaired) electrons. The van der Waals surface area contributed by atoms with E-state index in [1.54, 1.807) is 12.1 Å². The van der Waals surface area contributed by atoms with Gasteiger partial charge in [0.05, 0.1) is 6.04 Å². The number of benzene rings is 1. The van der Waals surface area contributed by atoms with Gasteiger partial charge in [0.25, 0.3) is 0 Å². The van der Waals surface area contributed by atoms with Crippen LogP contribution in [-0.4, -0.2) is 15.6 Å². The van der Waals surface area contributed by atoms with Crippen LogP contribution in [-0.2, 0) is 4.57 Å². The van der Waals surface area contributed by atoms with Gasteiger partial charge in [0.2, 0.25) is 0 Å². The molecular weight excluding hydrogens is 215 g/mol. The molecule has 0 saturated carbocycles. The van der Waals surface area contributed by atoms with E-state index in [4.69, 9.17) is 21.3 Å². The Morgan fingerprint density at radius 2 is 1.67 bits per heavy atom. The van der Waals surface area contributed by atoms with Gasteiger partial charge in [-0.2, -0.15) is 0 Å². The minimum atomic E-state index is -4.34. The predicted octanol–water partition coefficient (Wildman–Crippen LogP) is 0.457. The first-order valence-electron chi connectivity index (χ1n) is 4.45. The van der Waals surface area contributed by atoms with Crippen LogP contribution in [0, 0.1) is 6.92 Å². The number of aryl methyl sites for hydroxylation is 1. The van der Waals surface area contributed by atoms with Gasteiger partial charge in [0, 0.05) is 0 Å². The Bertz CT molecular complexity index is 373. The van der Waals surface area contributed by atoms with Crippen LogP contribution >= 0.6 is 7.60 Å². The second-order valence-electron chi connectivity index (χ2n) is 3.52. The van der Waals surface area contributed by atoms with Gasteiger partial charge in [0.1, 0.15) is 5.78 Å². The molecule has 0 spiro atoms. The molecule has 1 aromatic carbocycles. The third-order valence-corrected chi connectivity index (χ3v) is 3.32. The molecule has 0 aromatic heterocycles. The van der Waals surface area contributed by atoms with E-state index >= 15 is 0 Å². The van der Waals surface area contributed by atoms with E-state index < -0.39 is 19.4 Å². The smallest absolute Gasteiger partial charge is 0.323 e. The Labute approximate surface area is 88.3 Å². The number of hydrogen-bond donors (Lipinski definition) is 4. The molecule has 0 heterocycles. The van der Waals surface area contributed by atoms with Crippen LogP contribution in [0.5, 0.6) is 0 Å². The van der Waals surface area contributed by atoms with Crippen LogP contribution in [0.2, 0.25) is 0 Å². The third kappa shape index (κ3) is 3.12. The van der Waals surface area contributed by atoms with Crippen molar-refractivity contribution in [3.05, 3.63) is 35.4 Å². The number of rotatable bonds is 3. The van der Waals surface area contributed by atoms with Crippen molar-refractivity contribution in [1.29, 1.82) is 0 Å². The Morgan fingerprint density at radius 3 is 2.07 bits per heavy atom. The van der Waals surface area contributed by atoms with Crippen LogP contribution in [0.4, 0.5) is 0 Å². The molecule has 0 fully saturated rings. The summed E-state index contributed by atoms with van der Waals surface area (Å²) in [6.45, 7) is 1.91. The molecule has 0 aliphatic heterocycles. The molecule has 0 saturated heterocycles. The highest BCUT2D eigenvalue weighted by Gasteiger charge is 2.31. The lowest BCUT2D eigenvalue weighted by Gasteiger charge is -2.21. The lowest BCUT2D eigenvalue weighted by molar-refractivity contribution is 0.350. The fourth-order valence-corrected chi connectivity index (χ4v) is 1.79. The summed E-state index contributed by atoms with van der Waals surface area (Å²) in [6, 6.07) is 6.22. The highest BCUT2D eigenvalue weighted by molar-refractivity contribution is 7.52. The lowest BCUT2D eigenvalue weighted by atomic mass is 10.1. The van der Waals surface area contributed by atoms with E-state index in [0.29, 0.717) is 5.56 Å². The summed E-state index contributed by atoms with van der Waals surface area (Å²) < 4.78 is 10.9. The molecule has 15 heavy (non-hydrogen) atoms. The number of hydrogen-bond acceptors (Lipinski definition) is 3. The largest absolute Gasteiger partial charge is 0.344 e. The van der Waals surface area contributed by atoms with Crippen LogP contribution in [0.1, 0.15) is 17.2 Å². The predicted molar refractivity (Wildman–Crippen MR) is 58.1 cm³/mol.